The van der Waals surface area contributed by atoms with Crippen molar-refractivity contribution in [2.45, 2.75) is 39.1 Å². The van der Waals surface area contributed by atoms with E-state index in [-0.39, 0.29) is 18.4 Å². The molecule has 1 unspecified atom stereocenters. The van der Waals surface area contributed by atoms with Crippen molar-refractivity contribution < 1.29 is 19.1 Å². The number of methoxy groups -OCH3 is 2. The number of ether oxygens (including phenoxy) is 2. The average molecular weight is 489 g/mol. The predicted octanol–water partition coefficient (Wildman–Crippen LogP) is 3.92. The van der Waals surface area contributed by atoms with Gasteiger partial charge in [-0.05, 0) is 42.2 Å². The van der Waals surface area contributed by atoms with E-state index in [1.165, 1.54) is 19.1 Å². The van der Waals surface area contributed by atoms with Gasteiger partial charge in [0.05, 0.1) is 12.2 Å². The summed E-state index contributed by atoms with van der Waals surface area (Å²) in [5.74, 6) is -0.549. The summed E-state index contributed by atoms with van der Waals surface area (Å²) in [6, 6.07) is 15.7. The van der Waals surface area contributed by atoms with Crippen LogP contribution < -0.4 is 10.7 Å². The molecule has 9 heteroatoms. The Morgan fingerprint density at radius 1 is 1.06 bits per heavy atom. The molecular formula is C25H33ClN4O4. The highest BCUT2D eigenvalue weighted by Gasteiger charge is 2.31. The van der Waals surface area contributed by atoms with Crippen LogP contribution in [0.25, 0.3) is 0 Å². The molecule has 2 amide bonds. The molecular weight excluding hydrogens is 456 g/mol. The van der Waals surface area contributed by atoms with Crippen molar-refractivity contribution in [3.05, 3.63) is 65.2 Å². The zero-order valence-corrected chi connectivity index (χ0v) is 20.8. The number of rotatable bonds is 13. The van der Waals surface area contributed by atoms with Crippen LogP contribution in [0.1, 0.15) is 25.8 Å². The fourth-order valence-electron chi connectivity index (χ4n) is 3.26. The number of hydrogen-bond acceptors (Lipinski definition) is 6. The number of amides is 2. The van der Waals surface area contributed by atoms with Crippen molar-refractivity contribution >= 4 is 35.3 Å². The molecule has 0 aliphatic carbocycles. The van der Waals surface area contributed by atoms with Crippen molar-refractivity contribution in [2.75, 3.05) is 26.2 Å². The largest absolute Gasteiger partial charge is 0.354 e. The maximum Gasteiger partial charge on any atom is 0.267 e. The summed E-state index contributed by atoms with van der Waals surface area (Å²) in [5.41, 5.74) is 4.46. The number of anilines is 1. The average Bonchev–Trinajstić information content (AvgIpc) is 2.83. The number of hydrogen-bond donors (Lipinski definition) is 2. The third-order valence-corrected chi connectivity index (χ3v) is 5.30. The van der Waals surface area contributed by atoms with E-state index in [9.17, 15) is 9.59 Å². The summed E-state index contributed by atoms with van der Waals surface area (Å²) in [4.78, 5) is 27.9. The monoisotopic (exact) mass is 488 g/mol. The van der Waals surface area contributed by atoms with Crippen LogP contribution in [0.15, 0.2) is 59.7 Å². The lowest BCUT2D eigenvalue weighted by atomic mass is 10.0. The molecule has 0 saturated heterocycles. The number of benzene rings is 2. The van der Waals surface area contributed by atoms with E-state index in [2.05, 4.69) is 15.8 Å². The van der Waals surface area contributed by atoms with Crippen molar-refractivity contribution in [3.63, 3.8) is 0 Å². The maximum atomic E-state index is 13.2. The molecule has 0 aromatic heterocycles. The van der Waals surface area contributed by atoms with Crippen LogP contribution >= 0.6 is 11.6 Å². The molecule has 2 aromatic rings. The van der Waals surface area contributed by atoms with Gasteiger partial charge in [-0.15, -0.1) is 0 Å². The molecule has 2 rings (SSSR count). The van der Waals surface area contributed by atoms with Crippen LogP contribution in [-0.2, 0) is 25.6 Å². The van der Waals surface area contributed by atoms with Crippen LogP contribution in [-0.4, -0.2) is 56.0 Å². The number of carbonyl (C=O) groups excluding carboxylic acids is 2. The molecule has 0 aliphatic heterocycles. The lowest BCUT2D eigenvalue weighted by Gasteiger charge is -2.33. The van der Waals surface area contributed by atoms with Gasteiger partial charge >= 0.3 is 0 Å². The maximum absolute atomic E-state index is 13.2. The highest BCUT2D eigenvalue weighted by molar-refractivity contribution is 6.30. The Balaban J connectivity index is 2.20. The van der Waals surface area contributed by atoms with Gasteiger partial charge in [-0.3, -0.25) is 15.0 Å². The standard InChI is InChI=1S/C25H33ClN4O4/c1-18(2)14-22(25(32)27-15-19-10-12-20(26)13-11-19)30(17-24(33-3)34-4)23(31)16-28-29-21-8-6-5-7-9-21/h5-13,16,18,22,24,29H,14-15,17H2,1-4H3,(H,27,32)/b28-16+. The molecule has 0 bridgehead atoms. The lowest BCUT2D eigenvalue weighted by Crippen LogP contribution is -2.53. The number of nitrogens with one attached hydrogen (secondary N) is 2. The number of nitrogens with zero attached hydrogens (tertiary/aromatic N) is 2. The highest BCUT2D eigenvalue weighted by Crippen LogP contribution is 2.15. The Labute approximate surface area is 206 Å². The quantitative estimate of drug-likeness (QED) is 0.253. The summed E-state index contributed by atoms with van der Waals surface area (Å²) in [6.45, 7) is 4.37. The summed E-state index contributed by atoms with van der Waals surface area (Å²) in [6.07, 6.45) is 0.922. The van der Waals surface area contributed by atoms with Crippen molar-refractivity contribution in [1.82, 2.24) is 10.2 Å². The summed E-state index contributed by atoms with van der Waals surface area (Å²) in [5, 5.41) is 7.61. The van der Waals surface area contributed by atoms with Gasteiger partial charge in [0.25, 0.3) is 5.91 Å². The molecule has 184 valence electrons. The molecule has 0 fully saturated rings. The summed E-state index contributed by atoms with van der Waals surface area (Å²) < 4.78 is 10.6. The normalized spacial score (nSPS) is 12.2. The zero-order chi connectivity index (χ0) is 24.9. The van der Waals surface area contributed by atoms with Crippen LogP contribution in [0.2, 0.25) is 5.02 Å². The number of halogens is 1. The minimum atomic E-state index is -0.740. The first-order valence-electron chi connectivity index (χ1n) is 11.1. The molecule has 2 N–H and O–H groups in total. The minimum absolute atomic E-state index is 0.0644. The Morgan fingerprint density at radius 3 is 2.29 bits per heavy atom. The van der Waals surface area contributed by atoms with Gasteiger partial charge in [-0.1, -0.05) is 55.8 Å². The van der Waals surface area contributed by atoms with E-state index in [0.717, 1.165) is 17.5 Å². The minimum Gasteiger partial charge on any atom is -0.354 e. The SMILES string of the molecule is COC(CN(C(=O)/C=N/Nc1ccccc1)C(CC(C)C)C(=O)NCc1ccc(Cl)cc1)OC. The molecule has 0 aliphatic rings. The van der Waals surface area contributed by atoms with Crippen LogP contribution in [0.4, 0.5) is 5.69 Å². The highest BCUT2D eigenvalue weighted by atomic mass is 35.5. The van der Waals surface area contributed by atoms with E-state index in [1.54, 1.807) is 12.1 Å². The topological polar surface area (TPSA) is 92.3 Å². The predicted molar refractivity (Wildman–Crippen MR) is 135 cm³/mol. The molecule has 34 heavy (non-hydrogen) atoms. The summed E-state index contributed by atoms with van der Waals surface area (Å²) >= 11 is 5.94. The number of carbonyl (C=O) groups is 2. The van der Waals surface area contributed by atoms with Crippen LogP contribution in [0.5, 0.6) is 0 Å². The van der Waals surface area contributed by atoms with Crippen LogP contribution in [0, 0.1) is 5.92 Å². The molecule has 0 heterocycles. The van der Waals surface area contributed by atoms with Gasteiger partial charge in [0.2, 0.25) is 5.91 Å². The van der Waals surface area contributed by atoms with Gasteiger partial charge in [-0.25, -0.2) is 0 Å². The molecule has 0 saturated carbocycles. The number of hydrazone groups is 1. The molecule has 0 spiro atoms. The Morgan fingerprint density at radius 2 is 1.71 bits per heavy atom. The second-order valence-corrected chi connectivity index (χ2v) is 8.55. The van der Waals surface area contributed by atoms with E-state index >= 15 is 0 Å². The third kappa shape index (κ3) is 9.13. The third-order valence-electron chi connectivity index (χ3n) is 5.05. The molecule has 1 atom stereocenters. The first-order chi connectivity index (χ1) is 16.3. The van der Waals surface area contributed by atoms with Crippen molar-refractivity contribution in [2.24, 2.45) is 11.0 Å². The van der Waals surface area contributed by atoms with E-state index in [4.69, 9.17) is 21.1 Å². The van der Waals surface area contributed by atoms with Gasteiger partial charge in [0.15, 0.2) is 6.29 Å². The van der Waals surface area contributed by atoms with Gasteiger partial charge < -0.3 is 19.7 Å². The molecule has 2 aromatic carbocycles. The lowest BCUT2D eigenvalue weighted by molar-refractivity contribution is -0.150. The van der Waals surface area contributed by atoms with Gasteiger partial charge in [-0.2, -0.15) is 5.10 Å². The fraction of sp³-hybridized carbons (Fsp3) is 0.400. The molecule has 8 nitrogen and oxygen atoms in total. The summed E-state index contributed by atoms with van der Waals surface area (Å²) in [7, 11) is 2.97. The van der Waals surface area contributed by atoms with Crippen LogP contribution in [0.3, 0.4) is 0 Å². The van der Waals surface area contributed by atoms with Gasteiger partial charge in [0.1, 0.15) is 12.3 Å². The first kappa shape index (κ1) is 27.3. The molecule has 0 radical (unpaired) electrons. The fourth-order valence-corrected chi connectivity index (χ4v) is 3.38. The Kier molecular flexibility index (Phi) is 11.5. The second-order valence-electron chi connectivity index (χ2n) is 8.12. The Bertz CT molecular complexity index is 918. The van der Waals surface area contributed by atoms with E-state index < -0.39 is 18.2 Å². The Hall–Kier alpha value is -2.94. The van der Waals surface area contributed by atoms with Crippen molar-refractivity contribution in [1.29, 1.82) is 0 Å². The van der Waals surface area contributed by atoms with E-state index in [1.807, 2.05) is 56.3 Å². The number of para-hydroxylation sites is 1. The first-order valence-corrected chi connectivity index (χ1v) is 11.4. The van der Waals surface area contributed by atoms with E-state index in [0.29, 0.717) is 18.0 Å². The zero-order valence-electron chi connectivity index (χ0n) is 20.0. The smallest absolute Gasteiger partial charge is 0.267 e. The van der Waals surface area contributed by atoms with Crippen molar-refractivity contribution in [3.8, 4) is 0 Å². The second kappa shape index (κ2) is 14.3. The van der Waals surface area contributed by atoms with Gasteiger partial charge in [0, 0.05) is 25.8 Å².